The zero-order valence-corrected chi connectivity index (χ0v) is 17.1. The minimum absolute atomic E-state index is 0.170. The van der Waals surface area contributed by atoms with Crippen molar-refractivity contribution >= 4 is 22.6 Å². The van der Waals surface area contributed by atoms with E-state index in [2.05, 4.69) is 14.9 Å². The monoisotopic (exact) mass is 405 g/mol. The molecule has 0 spiro atoms. The van der Waals surface area contributed by atoms with Crippen molar-refractivity contribution in [1.82, 2.24) is 14.5 Å². The van der Waals surface area contributed by atoms with Gasteiger partial charge >= 0.3 is 0 Å². The van der Waals surface area contributed by atoms with Gasteiger partial charge in [0.1, 0.15) is 30.5 Å². The number of aromatic nitrogens is 3. The van der Waals surface area contributed by atoms with Crippen molar-refractivity contribution in [2.45, 2.75) is 51.2 Å². The van der Waals surface area contributed by atoms with E-state index in [1.54, 1.807) is 6.33 Å². The molecule has 5 rings (SSSR count). The Morgan fingerprint density at radius 2 is 1.97 bits per heavy atom. The number of anilines is 1. The largest absolute Gasteiger partial charge is 0.490 e. The number of carbonyl (C=O) groups is 1. The van der Waals surface area contributed by atoms with Crippen molar-refractivity contribution in [2.24, 2.45) is 5.73 Å². The molecule has 7 nitrogen and oxygen atoms in total. The number of nitrogens with two attached hydrogens (primary N) is 1. The third kappa shape index (κ3) is 3.60. The molecule has 2 N–H and O–H groups in total. The van der Waals surface area contributed by atoms with Crippen molar-refractivity contribution in [1.29, 1.82) is 0 Å². The van der Waals surface area contributed by atoms with Crippen LogP contribution in [0.1, 0.15) is 36.9 Å². The summed E-state index contributed by atoms with van der Waals surface area (Å²) in [4.78, 5) is 22.8. The third-order valence-corrected chi connectivity index (χ3v) is 6.24. The Labute approximate surface area is 175 Å². The fourth-order valence-corrected chi connectivity index (χ4v) is 4.75. The van der Waals surface area contributed by atoms with Crippen molar-refractivity contribution < 1.29 is 9.53 Å². The standard InChI is InChI=1S/C23H27N5O2/c24-22(29)14-28-13-10-18-20(28)6-3-7-21(18)30-16-8-11-27(12-9-16)23-17-4-1-2-5-19(17)25-15-26-23/h3,6-7,10,13,15-16H,1-2,4-5,8-9,11-12,14H2,(H2,24,29). The summed E-state index contributed by atoms with van der Waals surface area (Å²) in [6, 6.07) is 7.96. The molecular formula is C23H27N5O2. The first-order valence-corrected chi connectivity index (χ1v) is 10.8. The molecule has 0 unspecified atom stereocenters. The number of amides is 1. The van der Waals surface area contributed by atoms with Gasteiger partial charge in [0.25, 0.3) is 0 Å². The Kier molecular flexibility index (Phi) is 5.02. The molecule has 0 atom stereocenters. The van der Waals surface area contributed by atoms with Crippen LogP contribution in [0.4, 0.5) is 5.82 Å². The molecule has 2 aromatic heterocycles. The molecule has 1 fully saturated rings. The minimum atomic E-state index is -0.349. The number of ether oxygens (including phenoxy) is 1. The van der Waals surface area contributed by atoms with Crippen molar-refractivity contribution in [3.63, 3.8) is 0 Å². The first-order chi connectivity index (χ1) is 14.7. The summed E-state index contributed by atoms with van der Waals surface area (Å²) in [5, 5.41) is 1.02. The molecule has 156 valence electrons. The van der Waals surface area contributed by atoms with Gasteiger partial charge in [-0.2, -0.15) is 0 Å². The van der Waals surface area contributed by atoms with Crippen LogP contribution in [0.25, 0.3) is 10.9 Å². The highest BCUT2D eigenvalue weighted by molar-refractivity contribution is 5.88. The van der Waals surface area contributed by atoms with Gasteiger partial charge in [-0.3, -0.25) is 4.79 Å². The molecule has 0 saturated carbocycles. The van der Waals surface area contributed by atoms with Crippen molar-refractivity contribution in [3.05, 3.63) is 48.0 Å². The lowest BCUT2D eigenvalue weighted by molar-refractivity contribution is -0.118. The van der Waals surface area contributed by atoms with Crippen LogP contribution in [0.3, 0.4) is 0 Å². The van der Waals surface area contributed by atoms with E-state index < -0.39 is 0 Å². The summed E-state index contributed by atoms with van der Waals surface area (Å²) < 4.78 is 8.26. The summed E-state index contributed by atoms with van der Waals surface area (Å²) >= 11 is 0. The Hall–Kier alpha value is -3.09. The Balaban J connectivity index is 1.28. The summed E-state index contributed by atoms with van der Waals surface area (Å²) in [5.74, 6) is 1.65. The molecule has 1 aliphatic heterocycles. The Bertz CT molecular complexity index is 1070. The van der Waals surface area contributed by atoms with Crippen molar-refractivity contribution in [3.8, 4) is 5.75 Å². The van der Waals surface area contributed by atoms with Crippen LogP contribution in [-0.2, 0) is 24.2 Å². The number of rotatable bonds is 5. The maximum atomic E-state index is 11.3. The van der Waals surface area contributed by atoms with Gasteiger partial charge in [-0.15, -0.1) is 0 Å². The van der Waals surface area contributed by atoms with Crippen LogP contribution in [0, 0.1) is 0 Å². The molecule has 30 heavy (non-hydrogen) atoms. The molecule has 3 aromatic rings. The first kappa shape index (κ1) is 18.9. The molecule has 1 aliphatic carbocycles. The quantitative estimate of drug-likeness (QED) is 0.705. The van der Waals surface area contributed by atoms with Gasteiger partial charge in [0.15, 0.2) is 0 Å². The van der Waals surface area contributed by atoms with Crippen LogP contribution >= 0.6 is 0 Å². The maximum Gasteiger partial charge on any atom is 0.237 e. The highest BCUT2D eigenvalue weighted by atomic mass is 16.5. The smallest absolute Gasteiger partial charge is 0.237 e. The fourth-order valence-electron chi connectivity index (χ4n) is 4.75. The summed E-state index contributed by atoms with van der Waals surface area (Å²) in [6.07, 6.45) is 10.3. The van der Waals surface area contributed by atoms with Gasteiger partial charge in [0.05, 0.1) is 5.52 Å². The number of hydrogen-bond donors (Lipinski definition) is 1. The van der Waals surface area contributed by atoms with E-state index >= 15 is 0 Å². The highest BCUT2D eigenvalue weighted by Gasteiger charge is 2.26. The van der Waals surface area contributed by atoms with Gasteiger partial charge < -0.3 is 19.9 Å². The molecule has 7 heteroatoms. The van der Waals surface area contributed by atoms with Crippen LogP contribution in [-0.4, -0.2) is 39.6 Å². The number of hydrogen-bond acceptors (Lipinski definition) is 5. The number of fused-ring (bicyclic) bond motifs is 2. The topological polar surface area (TPSA) is 86.3 Å². The van der Waals surface area contributed by atoms with Crippen LogP contribution < -0.4 is 15.4 Å². The molecule has 2 aliphatic rings. The number of aryl methyl sites for hydroxylation is 1. The zero-order chi connectivity index (χ0) is 20.5. The third-order valence-electron chi connectivity index (χ3n) is 6.24. The van der Waals surface area contributed by atoms with E-state index in [1.165, 1.54) is 24.1 Å². The maximum absolute atomic E-state index is 11.3. The molecule has 3 heterocycles. The van der Waals surface area contributed by atoms with Crippen LogP contribution in [0.2, 0.25) is 0 Å². The van der Waals surface area contributed by atoms with Gasteiger partial charge in [0, 0.05) is 48.8 Å². The lowest BCUT2D eigenvalue weighted by atomic mass is 9.95. The Morgan fingerprint density at radius 3 is 2.80 bits per heavy atom. The van der Waals surface area contributed by atoms with Gasteiger partial charge in [-0.05, 0) is 43.9 Å². The molecule has 1 saturated heterocycles. The van der Waals surface area contributed by atoms with Crippen LogP contribution in [0.5, 0.6) is 5.75 Å². The SMILES string of the molecule is NC(=O)Cn1ccc2c(OC3CCN(c4ncnc5c4CCCC5)CC3)cccc21. The molecule has 1 amide bonds. The highest BCUT2D eigenvalue weighted by Crippen LogP contribution is 2.32. The van der Waals surface area contributed by atoms with E-state index in [0.29, 0.717) is 0 Å². The van der Waals surface area contributed by atoms with Gasteiger partial charge in [-0.25, -0.2) is 9.97 Å². The summed E-state index contributed by atoms with van der Waals surface area (Å²) in [5.41, 5.74) is 8.91. The van der Waals surface area contributed by atoms with Gasteiger partial charge in [0.2, 0.25) is 5.91 Å². The van der Waals surface area contributed by atoms with E-state index in [1.807, 2.05) is 35.0 Å². The van der Waals surface area contributed by atoms with Crippen molar-refractivity contribution in [2.75, 3.05) is 18.0 Å². The number of benzene rings is 1. The lowest BCUT2D eigenvalue weighted by Gasteiger charge is -2.34. The van der Waals surface area contributed by atoms with Gasteiger partial charge in [-0.1, -0.05) is 6.07 Å². The molecule has 1 aromatic carbocycles. The van der Waals surface area contributed by atoms with Crippen LogP contribution in [0.15, 0.2) is 36.8 Å². The number of carbonyl (C=O) groups excluding carboxylic acids is 1. The Morgan fingerprint density at radius 1 is 1.13 bits per heavy atom. The minimum Gasteiger partial charge on any atom is -0.490 e. The predicted molar refractivity (Wildman–Crippen MR) is 116 cm³/mol. The average molecular weight is 406 g/mol. The fraction of sp³-hybridized carbons (Fsp3) is 0.435. The van der Waals surface area contributed by atoms with E-state index in [0.717, 1.165) is 61.2 Å². The normalized spacial score (nSPS) is 17.1. The predicted octanol–water partition coefficient (Wildman–Crippen LogP) is 2.84. The lowest BCUT2D eigenvalue weighted by Crippen LogP contribution is -2.39. The van der Waals surface area contributed by atoms with E-state index in [9.17, 15) is 4.79 Å². The number of nitrogens with zero attached hydrogens (tertiary/aromatic N) is 4. The number of piperidine rings is 1. The summed E-state index contributed by atoms with van der Waals surface area (Å²) in [7, 11) is 0. The number of primary amides is 1. The molecule has 0 bridgehead atoms. The summed E-state index contributed by atoms with van der Waals surface area (Å²) in [6.45, 7) is 2.05. The second-order valence-corrected chi connectivity index (χ2v) is 8.23. The van der Waals surface area contributed by atoms with E-state index in [4.69, 9.17) is 10.5 Å². The molecule has 0 radical (unpaired) electrons. The zero-order valence-electron chi connectivity index (χ0n) is 17.1. The van der Waals surface area contributed by atoms with E-state index in [-0.39, 0.29) is 18.6 Å². The second-order valence-electron chi connectivity index (χ2n) is 8.23. The average Bonchev–Trinajstić information content (AvgIpc) is 3.17. The first-order valence-electron chi connectivity index (χ1n) is 10.8. The molecular weight excluding hydrogens is 378 g/mol. The second kappa shape index (κ2) is 7.97.